The van der Waals surface area contributed by atoms with Crippen molar-refractivity contribution in [3.8, 4) is 0 Å². The van der Waals surface area contributed by atoms with Gasteiger partial charge in [-0.05, 0) is 205 Å². The molecule has 2 aliphatic heterocycles. The standard InChI is InChI=1S/C67H68BN3/c1-64(2,3)47-31-32-53-60(35-47)70(55-27-16-23-45-38-66(7,8)40-50(45)55)57-29-18-30-58-63(57)68(53)54-37-59(52(65(4,5)6)36-61(54)71(58)56-28-17-24-46-39-67(9,10)41-51(46)56)69(48-25-12-11-13-26-48)49-33-43-21-14-19-42-20-15-22-44(34-49)62(42)43/h11-14,16-19,21,23-37H,15,20,22,38-41H2,1-10H3. The van der Waals surface area contributed by atoms with E-state index in [0.717, 1.165) is 38.5 Å². The van der Waals surface area contributed by atoms with E-state index >= 15 is 0 Å². The first kappa shape index (κ1) is 44.4. The van der Waals surface area contributed by atoms with Gasteiger partial charge in [0.1, 0.15) is 0 Å². The number of fused-ring (bicyclic) bond motifs is 6. The predicted molar refractivity (Wildman–Crippen MR) is 304 cm³/mol. The van der Waals surface area contributed by atoms with Crippen molar-refractivity contribution in [1.29, 1.82) is 0 Å². The summed E-state index contributed by atoms with van der Waals surface area (Å²) >= 11 is 0. The predicted octanol–water partition coefficient (Wildman–Crippen LogP) is 15.7. The molecule has 13 rings (SSSR count). The number of aryl methyl sites for hydroxylation is 2. The Morgan fingerprint density at radius 2 is 1.04 bits per heavy atom. The molecular formula is C67H68BN3. The van der Waals surface area contributed by atoms with Crippen molar-refractivity contribution < 1.29 is 0 Å². The Labute approximate surface area is 423 Å². The quantitative estimate of drug-likeness (QED) is 0.159. The molecule has 0 N–H and O–H groups in total. The highest BCUT2D eigenvalue weighted by Gasteiger charge is 2.47. The molecule has 5 aliphatic rings. The van der Waals surface area contributed by atoms with Crippen LogP contribution in [-0.2, 0) is 49.4 Å². The van der Waals surface area contributed by atoms with Gasteiger partial charge in [-0.25, -0.2) is 0 Å². The summed E-state index contributed by atoms with van der Waals surface area (Å²) in [4.78, 5) is 8.02. The Morgan fingerprint density at radius 3 is 1.68 bits per heavy atom. The summed E-state index contributed by atoms with van der Waals surface area (Å²) in [5.41, 5.74) is 27.4. The highest BCUT2D eigenvalue weighted by molar-refractivity contribution is 7.00. The van der Waals surface area contributed by atoms with Crippen LogP contribution >= 0.6 is 0 Å². The molecule has 354 valence electrons. The third-order valence-corrected chi connectivity index (χ3v) is 16.9. The second-order valence-electron chi connectivity index (χ2n) is 25.5. The Morgan fingerprint density at radius 1 is 0.465 bits per heavy atom. The number of rotatable bonds is 5. The Bertz CT molecular complexity index is 3500. The van der Waals surface area contributed by atoms with Crippen molar-refractivity contribution in [3.05, 3.63) is 190 Å². The number of para-hydroxylation sites is 1. The first-order valence-electron chi connectivity index (χ1n) is 26.6. The summed E-state index contributed by atoms with van der Waals surface area (Å²) < 4.78 is 0. The van der Waals surface area contributed by atoms with Gasteiger partial charge < -0.3 is 14.7 Å². The van der Waals surface area contributed by atoms with Gasteiger partial charge in [-0.3, -0.25) is 0 Å². The molecule has 0 atom stereocenters. The molecule has 0 spiro atoms. The maximum Gasteiger partial charge on any atom is 0.252 e. The van der Waals surface area contributed by atoms with Gasteiger partial charge in [-0.2, -0.15) is 0 Å². The van der Waals surface area contributed by atoms with Crippen LogP contribution < -0.4 is 31.1 Å². The lowest BCUT2D eigenvalue weighted by molar-refractivity contribution is 0.392. The summed E-state index contributed by atoms with van der Waals surface area (Å²) in [7, 11) is 0. The van der Waals surface area contributed by atoms with Crippen molar-refractivity contribution in [2.75, 3.05) is 14.7 Å². The highest BCUT2D eigenvalue weighted by Crippen LogP contribution is 2.53. The molecule has 3 aliphatic carbocycles. The Kier molecular flexibility index (Phi) is 9.69. The van der Waals surface area contributed by atoms with Crippen LogP contribution in [0.3, 0.4) is 0 Å². The van der Waals surface area contributed by atoms with Gasteiger partial charge in [-0.15, -0.1) is 0 Å². The van der Waals surface area contributed by atoms with Crippen molar-refractivity contribution in [3.63, 3.8) is 0 Å². The second kappa shape index (κ2) is 15.5. The van der Waals surface area contributed by atoms with E-state index in [0.29, 0.717) is 0 Å². The molecular weight excluding hydrogens is 858 g/mol. The van der Waals surface area contributed by atoms with Gasteiger partial charge in [-0.1, -0.05) is 148 Å². The fraction of sp³-hybridized carbons (Fsp3) is 0.313. The van der Waals surface area contributed by atoms with Gasteiger partial charge in [0.05, 0.1) is 0 Å². The molecule has 0 aromatic heterocycles. The SMILES string of the molecule is CC1(C)Cc2cccc(N3c4cc(C(C)(C)C)ccc4B4c5cc(N(c6ccccc6)c6cc7c8c(cccc8c6)CCC7)c(C(C)(C)C)cc5N(c5cccc6c5CC(C)(C)C6)c5cccc3c54)c2C1. The molecule has 0 saturated carbocycles. The van der Waals surface area contributed by atoms with Gasteiger partial charge in [0.25, 0.3) is 6.71 Å². The lowest BCUT2D eigenvalue weighted by atomic mass is 9.33. The molecule has 3 nitrogen and oxygen atoms in total. The average molecular weight is 926 g/mol. The third-order valence-electron chi connectivity index (χ3n) is 16.9. The molecule has 8 aromatic rings. The van der Waals surface area contributed by atoms with E-state index in [4.69, 9.17) is 0 Å². The lowest BCUT2D eigenvalue weighted by Gasteiger charge is -2.46. The summed E-state index contributed by atoms with van der Waals surface area (Å²) in [5.74, 6) is 0. The molecule has 0 unspecified atom stereocenters. The topological polar surface area (TPSA) is 9.72 Å². The van der Waals surface area contributed by atoms with Crippen molar-refractivity contribution in [1.82, 2.24) is 0 Å². The van der Waals surface area contributed by atoms with Gasteiger partial charge >= 0.3 is 0 Å². The first-order valence-corrected chi connectivity index (χ1v) is 26.6. The Hall–Kier alpha value is -6.52. The summed E-state index contributed by atoms with van der Waals surface area (Å²) in [6.45, 7) is 24.1. The summed E-state index contributed by atoms with van der Waals surface area (Å²) in [6, 6.07) is 57.5. The molecule has 0 bridgehead atoms. The van der Waals surface area contributed by atoms with Crippen LogP contribution in [0.4, 0.5) is 51.2 Å². The molecule has 4 heteroatoms. The fourth-order valence-corrected chi connectivity index (χ4v) is 13.8. The molecule has 8 aromatic carbocycles. The van der Waals surface area contributed by atoms with E-state index in [1.54, 1.807) is 0 Å². The van der Waals surface area contributed by atoms with Gasteiger partial charge in [0, 0.05) is 51.2 Å². The second-order valence-corrected chi connectivity index (χ2v) is 25.5. The molecule has 0 radical (unpaired) electrons. The van der Waals surface area contributed by atoms with Crippen molar-refractivity contribution >= 4 is 85.1 Å². The van der Waals surface area contributed by atoms with E-state index < -0.39 is 0 Å². The van der Waals surface area contributed by atoms with Crippen LogP contribution in [0, 0.1) is 10.8 Å². The summed E-state index contributed by atoms with van der Waals surface area (Å²) in [5, 5.41) is 2.80. The van der Waals surface area contributed by atoms with E-state index in [1.807, 2.05) is 0 Å². The summed E-state index contributed by atoms with van der Waals surface area (Å²) in [6.07, 6.45) is 7.74. The zero-order valence-electron chi connectivity index (χ0n) is 43.7. The smallest absolute Gasteiger partial charge is 0.252 e. The minimum atomic E-state index is -0.200. The highest BCUT2D eigenvalue weighted by atomic mass is 15.2. The number of hydrogen-bond acceptors (Lipinski definition) is 3. The van der Waals surface area contributed by atoms with Crippen LogP contribution in [0.5, 0.6) is 0 Å². The van der Waals surface area contributed by atoms with Crippen molar-refractivity contribution in [2.24, 2.45) is 10.8 Å². The van der Waals surface area contributed by atoms with E-state index in [2.05, 4.69) is 230 Å². The zero-order valence-corrected chi connectivity index (χ0v) is 43.7. The molecule has 71 heavy (non-hydrogen) atoms. The van der Waals surface area contributed by atoms with Crippen molar-refractivity contribution in [2.45, 2.75) is 125 Å². The lowest BCUT2D eigenvalue weighted by Crippen LogP contribution is -2.61. The minimum Gasteiger partial charge on any atom is -0.311 e. The largest absolute Gasteiger partial charge is 0.311 e. The maximum atomic E-state index is 2.71. The fourth-order valence-electron chi connectivity index (χ4n) is 13.8. The third kappa shape index (κ3) is 7.05. The Balaban J connectivity index is 1.14. The van der Waals surface area contributed by atoms with E-state index in [9.17, 15) is 0 Å². The number of hydrogen-bond donors (Lipinski definition) is 0. The minimum absolute atomic E-state index is 0.0140. The van der Waals surface area contributed by atoms with Crippen LogP contribution in [-0.4, -0.2) is 6.71 Å². The van der Waals surface area contributed by atoms with Gasteiger partial charge in [0.2, 0.25) is 0 Å². The van der Waals surface area contributed by atoms with Gasteiger partial charge in [0.15, 0.2) is 0 Å². The van der Waals surface area contributed by atoms with Crippen LogP contribution in [0.15, 0.2) is 146 Å². The molecule has 0 amide bonds. The zero-order chi connectivity index (χ0) is 48.9. The normalized spacial score (nSPS) is 16.9. The molecule has 2 heterocycles. The number of anilines is 9. The van der Waals surface area contributed by atoms with Crippen LogP contribution in [0.1, 0.15) is 120 Å². The number of benzene rings is 8. The van der Waals surface area contributed by atoms with Crippen LogP contribution in [0.2, 0.25) is 0 Å². The number of nitrogens with zero attached hydrogens (tertiary/aromatic N) is 3. The maximum absolute atomic E-state index is 2.71. The average Bonchev–Trinajstić information content (AvgIpc) is 3.84. The molecule has 0 saturated heterocycles. The molecule has 0 fully saturated rings. The van der Waals surface area contributed by atoms with E-state index in [1.165, 1.54) is 129 Å². The van der Waals surface area contributed by atoms with Crippen LogP contribution in [0.25, 0.3) is 10.8 Å². The van der Waals surface area contributed by atoms with E-state index in [-0.39, 0.29) is 28.4 Å². The monoisotopic (exact) mass is 926 g/mol. The first-order chi connectivity index (χ1) is 33.9.